The van der Waals surface area contributed by atoms with Gasteiger partial charge in [-0.15, -0.1) is 0 Å². The molecule has 0 unspecified atom stereocenters. The maximum atomic E-state index is 5.34. The molecule has 8 rings (SSSR count). The predicted molar refractivity (Wildman–Crippen MR) is 268 cm³/mol. The van der Waals surface area contributed by atoms with Gasteiger partial charge >= 0.3 is 0 Å². The average Bonchev–Trinajstić information content (AvgIpc) is 3.28. The van der Waals surface area contributed by atoms with Crippen LogP contribution in [0.1, 0.15) is 105 Å². The van der Waals surface area contributed by atoms with Crippen LogP contribution < -0.4 is 0 Å². The zero-order chi connectivity index (χ0) is 45.6. The molecule has 0 aliphatic heterocycles. The smallest absolute Gasteiger partial charge is 0.160 e. The van der Waals surface area contributed by atoms with Crippen LogP contribution in [-0.2, 0) is 21.7 Å². The minimum absolute atomic E-state index is 0.0202. The molecule has 0 aliphatic carbocycles. The third-order valence-corrected chi connectivity index (χ3v) is 12.2. The third kappa shape index (κ3) is 9.80. The van der Waals surface area contributed by atoms with Gasteiger partial charge < -0.3 is 0 Å². The van der Waals surface area contributed by atoms with Crippen molar-refractivity contribution in [3.05, 3.63) is 175 Å². The Kier molecular flexibility index (Phi) is 11.6. The quantitative estimate of drug-likeness (QED) is 0.160. The molecule has 5 heteroatoms. The fourth-order valence-corrected chi connectivity index (χ4v) is 7.93. The molecule has 0 radical (unpaired) electrons. The molecule has 322 valence electrons. The molecule has 0 saturated heterocycles. The van der Waals surface area contributed by atoms with Crippen LogP contribution in [-0.4, -0.2) is 24.9 Å². The van der Waals surface area contributed by atoms with Crippen LogP contribution in [0.15, 0.2) is 152 Å². The molecule has 3 heterocycles. The van der Waals surface area contributed by atoms with E-state index in [0.717, 1.165) is 55.9 Å². The molecule has 0 aliphatic rings. The minimum Gasteiger partial charge on any atom is -0.264 e. The van der Waals surface area contributed by atoms with E-state index in [2.05, 4.69) is 213 Å². The summed E-state index contributed by atoms with van der Waals surface area (Å²) in [6.07, 6.45) is 8.96. The SMILES string of the molecule is CC(C)(C)c1cc(-c2ccc(-c3cc(-c4cc(-c5cccnc5)cc(-c5cncnc5)c4)nc(-c4ccc(-c5cc(C(C)(C)C)cc(C(C)(C)C)c5)cc4)n3)cc2)cc(C(C)(C)C)c1. The van der Waals surface area contributed by atoms with Crippen molar-refractivity contribution in [3.8, 4) is 78.4 Å². The van der Waals surface area contributed by atoms with Gasteiger partial charge in [-0.25, -0.2) is 19.9 Å². The van der Waals surface area contributed by atoms with Gasteiger partial charge in [0, 0.05) is 52.6 Å². The van der Waals surface area contributed by atoms with Crippen molar-refractivity contribution >= 4 is 0 Å². The van der Waals surface area contributed by atoms with Crippen molar-refractivity contribution < 1.29 is 0 Å². The second-order valence-corrected chi connectivity index (χ2v) is 21.4. The highest BCUT2D eigenvalue weighted by Gasteiger charge is 2.23. The number of pyridine rings is 1. The van der Waals surface area contributed by atoms with Gasteiger partial charge in [-0.1, -0.05) is 174 Å². The summed E-state index contributed by atoms with van der Waals surface area (Å²) in [7, 11) is 0. The molecule has 0 amide bonds. The normalized spacial score (nSPS) is 12.4. The summed E-state index contributed by atoms with van der Waals surface area (Å²) in [6, 6.07) is 44.4. The lowest BCUT2D eigenvalue weighted by molar-refractivity contribution is 0.568. The lowest BCUT2D eigenvalue weighted by Gasteiger charge is -2.26. The molecule has 64 heavy (non-hydrogen) atoms. The van der Waals surface area contributed by atoms with Gasteiger partial charge in [-0.05, 0) is 108 Å². The fraction of sp³-hybridized carbons (Fsp3) is 0.271. The van der Waals surface area contributed by atoms with Gasteiger partial charge in [-0.2, -0.15) is 0 Å². The lowest BCUT2D eigenvalue weighted by atomic mass is 9.79. The van der Waals surface area contributed by atoms with E-state index < -0.39 is 0 Å². The molecular formula is C59H61N5. The Bertz CT molecular complexity index is 2660. The number of nitrogens with zero attached hydrogens (tertiary/aromatic N) is 5. The Hall–Kier alpha value is -6.59. The minimum atomic E-state index is 0.0202. The summed E-state index contributed by atoms with van der Waals surface area (Å²) in [5.74, 6) is 0.658. The van der Waals surface area contributed by atoms with E-state index >= 15 is 0 Å². The van der Waals surface area contributed by atoms with Gasteiger partial charge in [-0.3, -0.25) is 4.98 Å². The number of hydrogen-bond acceptors (Lipinski definition) is 5. The summed E-state index contributed by atoms with van der Waals surface area (Å²) in [5.41, 5.74) is 18.7. The predicted octanol–water partition coefficient (Wildman–Crippen LogP) is 15.5. The summed E-state index contributed by atoms with van der Waals surface area (Å²) in [4.78, 5) is 23.8. The van der Waals surface area contributed by atoms with E-state index in [-0.39, 0.29) is 21.7 Å². The van der Waals surface area contributed by atoms with Crippen LogP contribution in [0.2, 0.25) is 0 Å². The molecule has 0 fully saturated rings. The zero-order valence-electron chi connectivity index (χ0n) is 39.7. The van der Waals surface area contributed by atoms with Crippen molar-refractivity contribution in [2.24, 2.45) is 0 Å². The standard InChI is InChI=1S/C59H61N5/c1-56(2,3)49-27-45(28-50(31-49)57(4,5)6)38-15-19-40(20-16-38)53-33-54(47-25-43(42-14-13-23-60-34-42)24-44(26-47)48-35-61-37-62-36-48)64-55(63-53)41-21-17-39(18-22-41)46-29-51(58(7,8)9)32-52(30-46)59(10,11)12/h13-37H,1-12H3. The molecule has 3 aromatic heterocycles. The first-order chi connectivity index (χ1) is 30.2. The Labute approximate surface area is 381 Å². The van der Waals surface area contributed by atoms with Crippen LogP contribution in [0, 0.1) is 0 Å². The van der Waals surface area contributed by atoms with E-state index in [1.165, 1.54) is 38.9 Å². The van der Waals surface area contributed by atoms with Crippen LogP contribution in [0.5, 0.6) is 0 Å². The molecular weight excluding hydrogens is 779 g/mol. The van der Waals surface area contributed by atoms with Crippen LogP contribution in [0.25, 0.3) is 78.4 Å². The Morgan fingerprint density at radius 2 is 0.672 bits per heavy atom. The molecule has 0 atom stereocenters. The second-order valence-electron chi connectivity index (χ2n) is 21.4. The second kappa shape index (κ2) is 16.8. The maximum absolute atomic E-state index is 5.34. The van der Waals surface area contributed by atoms with Gasteiger partial charge in [0.05, 0.1) is 11.4 Å². The monoisotopic (exact) mass is 839 g/mol. The van der Waals surface area contributed by atoms with E-state index in [1.807, 2.05) is 24.7 Å². The van der Waals surface area contributed by atoms with Crippen molar-refractivity contribution in [3.63, 3.8) is 0 Å². The number of rotatable bonds is 7. The first-order valence-electron chi connectivity index (χ1n) is 22.4. The molecule has 0 saturated carbocycles. The van der Waals surface area contributed by atoms with E-state index in [9.17, 15) is 0 Å². The third-order valence-electron chi connectivity index (χ3n) is 12.2. The fourth-order valence-electron chi connectivity index (χ4n) is 7.93. The van der Waals surface area contributed by atoms with Crippen molar-refractivity contribution in [2.75, 3.05) is 0 Å². The van der Waals surface area contributed by atoms with Gasteiger partial charge in [0.2, 0.25) is 0 Å². The highest BCUT2D eigenvalue weighted by molar-refractivity contribution is 5.82. The summed E-state index contributed by atoms with van der Waals surface area (Å²) in [6.45, 7) is 27.4. The molecule has 0 bridgehead atoms. The van der Waals surface area contributed by atoms with Crippen LogP contribution in [0.4, 0.5) is 0 Å². The largest absolute Gasteiger partial charge is 0.264 e. The molecule has 0 spiro atoms. The van der Waals surface area contributed by atoms with Gasteiger partial charge in [0.25, 0.3) is 0 Å². The van der Waals surface area contributed by atoms with Crippen LogP contribution >= 0.6 is 0 Å². The first-order valence-corrected chi connectivity index (χ1v) is 22.4. The van der Waals surface area contributed by atoms with Crippen molar-refractivity contribution in [2.45, 2.75) is 105 Å². The Balaban J connectivity index is 1.27. The van der Waals surface area contributed by atoms with E-state index in [0.29, 0.717) is 5.82 Å². The average molecular weight is 840 g/mol. The summed E-state index contributed by atoms with van der Waals surface area (Å²) < 4.78 is 0. The number of hydrogen-bond donors (Lipinski definition) is 0. The number of aromatic nitrogens is 5. The Morgan fingerprint density at radius 3 is 1.11 bits per heavy atom. The highest BCUT2D eigenvalue weighted by Crippen LogP contribution is 2.39. The van der Waals surface area contributed by atoms with Gasteiger partial charge in [0.15, 0.2) is 5.82 Å². The number of benzene rings is 5. The molecule has 0 N–H and O–H groups in total. The van der Waals surface area contributed by atoms with Crippen LogP contribution in [0.3, 0.4) is 0 Å². The van der Waals surface area contributed by atoms with Crippen molar-refractivity contribution in [1.82, 2.24) is 24.9 Å². The molecule has 8 aromatic rings. The highest BCUT2D eigenvalue weighted by atomic mass is 14.9. The summed E-state index contributed by atoms with van der Waals surface area (Å²) >= 11 is 0. The van der Waals surface area contributed by atoms with E-state index in [4.69, 9.17) is 9.97 Å². The summed E-state index contributed by atoms with van der Waals surface area (Å²) in [5, 5.41) is 0. The Morgan fingerprint density at radius 1 is 0.297 bits per heavy atom. The first kappa shape index (κ1) is 44.0. The lowest BCUT2D eigenvalue weighted by Crippen LogP contribution is -2.16. The zero-order valence-corrected chi connectivity index (χ0v) is 39.7. The van der Waals surface area contributed by atoms with Crippen molar-refractivity contribution in [1.29, 1.82) is 0 Å². The topological polar surface area (TPSA) is 64.5 Å². The van der Waals surface area contributed by atoms with E-state index in [1.54, 1.807) is 12.5 Å². The molecule has 5 aromatic carbocycles. The maximum Gasteiger partial charge on any atom is 0.160 e. The molecule has 5 nitrogen and oxygen atoms in total. The van der Waals surface area contributed by atoms with Gasteiger partial charge in [0.1, 0.15) is 6.33 Å².